The molecule has 0 amide bonds. The van der Waals surface area contributed by atoms with Crippen molar-refractivity contribution in [3.05, 3.63) is 26.6 Å². The molecule has 1 aromatic rings. The lowest BCUT2D eigenvalue weighted by atomic mass is 10.1. The molecule has 0 radical (unpaired) electrons. The highest BCUT2D eigenvalue weighted by atomic mass is 32.1. The summed E-state index contributed by atoms with van der Waals surface area (Å²) in [5.41, 5.74) is 0.636. The summed E-state index contributed by atoms with van der Waals surface area (Å²) < 4.78 is 0. The van der Waals surface area contributed by atoms with Gasteiger partial charge in [0.2, 0.25) is 0 Å². The van der Waals surface area contributed by atoms with Gasteiger partial charge in [0.1, 0.15) is 0 Å². The van der Waals surface area contributed by atoms with Crippen molar-refractivity contribution in [3.8, 4) is 0 Å². The molecule has 0 aliphatic rings. The molecule has 0 atom stereocenters. The number of aldehydes is 1. The van der Waals surface area contributed by atoms with Crippen LogP contribution in [0.1, 0.15) is 35.0 Å². The lowest BCUT2D eigenvalue weighted by Crippen LogP contribution is -1.91. The molecule has 1 rings (SSSR count). The van der Waals surface area contributed by atoms with Gasteiger partial charge in [0.05, 0.1) is 9.80 Å². The number of carbonyl (C=O) groups excluding carboxylic acids is 1. The fourth-order valence-corrected chi connectivity index (χ4v) is 1.97. The van der Waals surface area contributed by atoms with Crippen molar-refractivity contribution >= 4 is 22.6 Å². The van der Waals surface area contributed by atoms with Crippen molar-refractivity contribution in [1.29, 1.82) is 0 Å². The van der Waals surface area contributed by atoms with Crippen LogP contribution in [0.5, 0.6) is 0 Å². The number of hydrogen-bond acceptors (Lipinski definition) is 4. The first-order chi connectivity index (χ1) is 6.06. The Labute approximate surface area is 79.3 Å². The Morgan fingerprint density at radius 1 is 1.62 bits per heavy atom. The third-order valence-electron chi connectivity index (χ3n) is 1.66. The second-order valence-corrected chi connectivity index (χ2v) is 4.00. The Balaban J connectivity index is 3.22. The standard InChI is InChI=1S/C8H9NO3S/c1-5(2)7-3-6(4-10)13-8(7)9(11)12/h3-5H,1-2H3. The van der Waals surface area contributed by atoms with Crippen LogP contribution >= 0.6 is 11.3 Å². The third-order valence-corrected chi connectivity index (χ3v) is 2.69. The van der Waals surface area contributed by atoms with Gasteiger partial charge in [-0.25, -0.2) is 0 Å². The smallest absolute Gasteiger partial charge is 0.297 e. The molecule has 0 saturated carbocycles. The summed E-state index contributed by atoms with van der Waals surface area (Å²) in [7, 11) is 0. The Hall–Kier alpha value is -1.23. The van der Waals surface area contributed by atoms with Crippen molar-refractivity contribution in [2.75, 3.05) is 0 Å². The zero-order valence-corrected chi connectivity index (χ0v) is 8.13. The quantitative estimate of drug-likeness (QED) is 0.427. The van der Waals surface area contributed by atoms with Gasteiger partial charge in [-0.15, -0.1) is 0 Å². The Morgan fingerprint density at radius 3 is 2.54 bits per heavy atom. The normalized spacial score (nSPS) is 10.4. The van der Waals surface area contributed by atoms with Crippen molar-refractivity contribution in [2.24, 2.45) is 0 Å². The largest absolute Gasteiger partial charge is 0.328 e. The number of nitrogens with zero attached hydrogens (tertiary/aromatic N) is 1. The van der Waals surface area contributed by atoms with Gasteiger partial charge in [-0.3, -0.25) is 14.9 Å². The van der Waals surface area contributed by atoms with Gasteiger partial charge in [-0.2, -0.15) is 0 Å². The zero-order chi connectivity index (χ0) is 10.0. The van der Waals surface area contributed by atoms with Gasteiger partial charge in [-0.05, 0) is 12.0 Å². The highest BCUT2D eigenvalue weighted by Crippen LogP contribution is 2.34. The predicted molar refractivity (Wildman–Crippen MR) is 50.4 cm³/mol. The molecule has 0 unspecified atom stereocenters. The van der Waals surface area contributed by atoms with Crippen LogP contribution in [0.4, 0.5) is 5.00 Å². The minimum Gasteiger partial charge on any atom is -0.297 e. The summed E-state index contributed by atoms with van der Waals surface area (Å²) in [5, 5.41) is 10.6. The molecular weight excluding hydrogens is 190 g/mol. The summed E-state index contributed by atoms with van der Waals surface area (Å²) >= 11 is 0.929. The second kappa shape index (κ2) is 3.66. The van der Waals surface area contributed by atoms with E-state index in [-0.39, 0.29) is 10.9 Å². The molecule has 0 bridgehead atoms. The average molecular weight is 199 g/mol. The fraction of sp³-hybridized carbons (Fsp3) is 0.375. The highest BCUT2D eigenvalue weighted by molar-refractivity contribution is 7.17. The number of rotatable bonds is 3. The first-order valence-corrected chi connectivity index (χ1v) is 4.61. The molecule has 0 saturated heterocycles. The second-order valence-electron chi connectivity index (χ2n) is 2.94. The average Bonchev–Trinajstić information content (AvgIpc) is 2.47. The monoisotopic (exact) mass is 199 g/mol. The van der Waals surface area contributed by atoms with Crippen LogP contribution < -0.4 is 0 Å². The fourth-order valence-electron chi connectivity index (χ4n) is 1.03. The minimum absolute atomic E-state index is 0.0744. The molecule has 13 heavy (non-hydrogen) atoms. The highest BCUT2D eigenvalue weighted by Gasteiger charge is 2.20. The first-order valence-electron chi connectivity index (χ1n) is 3.79. The van der Waals surface area contributed by atoms with E-state index in [1.807, 2.05) is 13.8 Å². The van der Waals surface area contributed by atoms with Gasteiger partial charge in [0.15, 0.2) is 6.29 Å². The zero-order valence-electron chi connectivity index (χ0n) is 7.31. The van der Waals surface area contributed by atoms with E-state index in [1.165, 1.54) is 0 Å². The molecular formula is C8H9NO3S. The summed E-state index contributed by atoms with van der Waals surface area (Å²) in [6.45, 7) is 3.73. The molecule has 0 N–H and O–H groups in total. The summed E-state index contributed by atoms with van der Waals surface area (Å²) in [5.74, 6) is 0.0744. The van der Waals surface area contributed by atoms with Crippen molar-refractivity contribution < 1.29 is 9.72 Å². The molecule has 0 aliphatic heterocycles. The molecule has 1 heterocycles. The Morgan fingerprint density at radius 2 is 2.23 bits per heavy atom. The van der Waals surface area contributed by atoms with Gasteiger partial charge in [0, 0.05) is 5.56 Å². The van der Waals surface area contributed by atoms with Gasteiger partial charge >= 0.3 is 5.00 Å². The van der Waals surface area contributed by atoms with Crippen LogP contribution in [0.15, 0.2) is 6.07 Å². The minimum atomic E-state index is -0.438. The maximum Gasteiger partial charge on any atom is 0.328 e. The Kier molecular flexibility index (Phi) is 2.77. The van der Waals surface area contributed by atoms with E-state index in [1.54, 1.807) is 6.07 Å². The van der Waals surface area contributed by atoms with E-state index in [2.05, 4.69) is 0 Å². The van der Waals surface area contributed by atoms with Crippen LogP contribution in [0.3, 0.4) is 0 Å². The van der Waals surface area contributed by atoms with Gasteiger partial charge in [0.25, 0.3) is 0 Å². The predicted octanol–water partition coefficient (Wildman–Crippen LogP) is 2.59. The van der Waals surface area contributed by atoms with Crippen molar-refractivity contribution in [1.82, 2.24) is 0 Å². The van der Waals surface area contributed by atoms with E-state index in [0.717, 1.165) is 11.3 Å². The van der Waals surface area contributed by atoms with E-state index >= 15 is 0 Å². The third kappa shape index (κ3) is 1.92. The maximum absolute atomic E-state index is 10.6. The molecule has 0 fully saturated rings. The van der Waals surface area contributed by atoms with E-state index < -0.39 is 4.92 Å². The SMILES string of the molecule is CC(C)c1cc(C=O)sc1[N+](=O)[O-]. The van der Waals surface area contributed by atoms with Crippen molar-refractivity contribution in [3.63, 3.8) is 0 Å². The summed E-state index contributed by atoms with van der Waals surface area (Å²) in [6, 6.07) is 1.58. The number of thiophene rings is 1. The summed E-state index contributed by atoms with van der Waals surface area (Å²) in [6.07, 6.45) is 0.642. The van der Waals surface area contributed by atoms with E-state index in [9.17, 15) is 14.9 Å². The van der Waals surface area contributed by atoms with Crippen LogP contribution in [0.25, 0.3) is 0 Å². The Bertz CT molecular complexity index is 343. The lowest BCUT2D eigenvalue weighted by Gasteiger charge is -1.98. The maximum atomic E-state index is 10.6. The van der Waals surface area contributed by atoms with Gasteiger partial charge < -0.3 is 0 Å². The topological polar surface area (TPSA) is 60.2 Å². The number of hydrogen-bond donors (Lipinski definition) is 0. The van der Waals surface area contributed by atoms with E-state index in [4.69, 9.17) is 0 Å². The van der Waals surface area contributed by atoms with Crippen LogP contribution in [0, 0.1) is 10.1 Å². The molecule has 0 spiro atoms. The van der Waals surface area contributed by atoms with Gasteiger partial charge in [-0.1, -0.05) is 25.2 Å². The van der Waals surface area contributed by atoms with Crippen LogP contribution in [-0.2, 0) is 0 Å². The molecule has 70 valence electrons. The first kappa shape index (κ1) is 9.85. The molecule has 0 aromatic carbocycles. The molecule has 5 heteroatoms. The van der Waals surface area contributed by atoms with Crippen LogP contribution in [-0.4, -0.2) is 11.2 Å². The number of nitro groups is 1. The van der Waals surface area contributed by atoms with Crippen LogP contribution in [0.2, 0.25) is 0 Å². The summed E-state index contributed by atoms with van der Waals surface area (Å²) in [4.78, 5) is 20.9. The lowest BCUT2D eigenvalue weighted by molar-refractivity contribution is -0.381. The molecule has 4 nitrogen and oxygen atoms in total. The van der Waals surface area contributed by atoms with E-state index in [0.29, 0.717) is 16.7 Å². The molecule has 1 aromatic heterocycles. The van der Waals surface area contributed by atoms with Crippen molar-refractivity contribution in [2.45, 2.75) is 19.8 Å². The number of carbonyl (C=O) groups is 1. The molecule has 0 aliphatic carbocycles.